The number of alkyl halides is 2. The topological polar surface area (TPSA) is 103 Å². The van der Waals surface area contributed by atoms with Gasteiger partial charge in [-0.1, -0.05) is 33.2 Å². The number of carbonyl (C=O) groups is 1. The Morgan fingerprint density at radius 3 is 2.78 bits per heavy atom. The predicted octanol–water partition coefficient (Wildman–Crippen LogP) is 3.97. The summed E-state index contributed by atoms with van der Waals surface area (Å²) in [5.41, 5.74) is 1.39. The number of fused-ring (bicyclic) bond motifs is 1. The molecule has 1 atom stereocenters. The number of carbonyl (C=O) groups excluding carboxylic acids is 1. The Kier molecular flexibility index (Phi) is 6.04. The van der Waals surface area contributed by atoms with Crippen molar-refractivity contribution in [3.63, 3.8) is 0 Å². The van der Waals surface area contributed by atoms with Gasteiger partial charge in [0.05, 0.1) is 18.4 Å². The second-order valence-corrected chi connectivity index (χ2v) is 7.64. The van der Waals surface area contributed by atoms with E-state index in [1.165, 1.54) is 17.9 Å². The quantitative estimate of drug-likeness (QED) is 0.521. The number of aromatic nitrogens is 4. The fourth-order valence-electron chi connectivity index (χ4n) is 3.47. The molecule has 0 unspecified atom stereocenters. The summed E-state index contributed by atoms with van der Waals surface area (Å²) in [7, 11) is 1.49. The minimum Gasteiger partial charge on any atom is -0.495 e. The van der Waals surface area contributed by atoms with E-state index in [9.17, 15) is 13.6 Å². The van der Waals surface area contributed by atoms with Crippen LogP contribution in [0.3, 0.4) is 0 Å². The van der Waals surface area contributed by atoms with E-state index in [0.29, 0.717) is 21.6 Å². The van der Waals surface area contributed by atoms with E-state index >= 15 is 0 Å². The van der Waals surface area contributed by atoms with Gasteiger partial charge in [0.25, 0.3) is 5.91 Å². The number of hydrogen-bond acceptors (Lipinski definition) is 7. The molecular formula is C20H17BrF2N6O3. The standard InChI is InChI=1S/C20H17BrF2N6O3/c1-10-16(18(30)25-13-5-3-4-6-15(13)31-2)17(29-20(24-10)26-27-28-29)12-9-11(21)7-8-14(12)32-19(22)23/h3-9,17,19H,1-2H3,(H,25,30)(H,24,26,28)/t17-/m0/s1. The molecule has 1 aliphatic rings. The van der Waals surface area contributed by atoms with E-state index in [-0.39, 0.29) is 22.8 Å². The molecule has 2 heterocycles. The minimum atomic E-state index is -3.05. The van der Waals surface area contributed by atoms with Crippen LogP contribution in [0.25, 0.3) is 0 Å². The summed E-state index contributed by atoms with van der Waals surface area (Å²) < 4.78 is 38.2. The first kappa shape index (κ1) is 21.7. The number of nitrogens with zero attached hydrogens (tertiary/aromatic N) is 4. The highest BCUT2D eigenvalue weighted by atomic mass is 79.9. The van der Waals surface area contributed by atoms with Crippen LogP contribution in [0, 0.1) is 0 Å². The molecule has 0 spiro atoms. The fourth-order valence-corrected chi connectivity index (χ4v) is 3.85. The number of benzene rings is 2. The molecule has 0 fully saturated rings. The highest BCUT2D eigenvalue weighted by Crippen LogP contribution is 2.40. The number of methoxy groups -OCH3 is 1. The molecule has 166 valence electrons. The van der Waals surface area contributed by atoms with Crippen molar-refractivity contribution in [2.45, 2.75) is 19.6 Å². The molecule has 9 nitrogen and oxygen atoms in total. The lowest BCUT2D eigenvalue weighted by atomic mass is 9.94. The van der Waals surface area contributed by atoms with Gasteiger partial charge in [0.1, 0.15) is 17.5 Å². The third kappa shape index (κ3) is 4.13. The van der Waals surface area contributed by atoms with Crippen LogP contribution in [0.2, 0.25) is 0 Å². The van der Waals surface area contributed by atoms with E-state index in [1.54, 1.807) is 43.3 Å². The number of ether oxygens (including phenoxy) is 2. The summed E-state index contributed by atoms with van der Waals surface area (Å²) in [6.45, 7) is -1.38. The Balaban J connectivity index is 1.83. The average molecular weight is 507 g/mol. The smallest absolute Gasteiger partial charge is 0.387 e. The first-order chi connectivity index (χ1) is 15.4. The van der Waals surface area contributed by atoms with Crippen LogP contribution < -0.4 is 20.1 Å². The number of tetrazole rings is 1. The molecule has 1 amide bonds. The van der Waals surface area contributed by atoms with Gasteiger partial charge in [0.2, 0.25) is 5.95 Å². The summed E-state index contributed by atoms with van der Waals surface area (Å²) >= 11 is 3.35. The van der Waals surface area contributed by atoms with E-state index in [2.05, 4.69) is 42.1 Å². The second-order valence-electron chi connectivity index (χ2n) is 6.73. The van der Waals surface area contributed by atoms with Crippen LogP contribution in [0.4, 0.5) is 20.4 Å². The Hall–Kier alpha value is -3.54. The lowest BCUT2D eigenvalue weighted by Crippen LogP contribution is -2.32. The number of halogens is 3. The van der Waals surface area contributed by atoms with Gasteiger partial charge in [0, 0.05) is 15.7 Å². The monoisotopic (exact) mass is 506 g/mol. The number of rotatable bonds is 6. The maximum atomic E-state index is 13.4. The predicted molar refractivity (Wildman–Crippen MR) is 115 cm³/mol. The Labute approximate surface area is 189 Å². The van der Waals surface area contributed by atoms with Gasteiger partial charge in [-0.15, -0.1) is 0 Å². The normalized spacial score (nSPS) is 15.2. The highest BCUT2D eigenvalue weighted by molar-refractivity contribution is 9.10. The van der Waals surface area contributed by atoms with Crippen molar-refractivity contribution < 1.29 is 23.0 Å². The van der Waals surface area contributed by atoms with Gasteiger partial charge in [-0.3, -0.25) is 4.79 Å². The fraction of sp³-hybridized carbons (Fsp3) is 0.200. The maximum absolute atomic E-state index is 13.4. The lowest BCUT2D eigenvalue weighted by Gasteiger charge is -2.29. The number of para-hydroxylation sites is 2. The van der Waals surface area contributed by atoms with Gasteiger partial charge >= 0.3 is 6.61 Å². The molecule has 12 heteroatoms. The van der Waals surface area contributed by atoms with Crippen molar-refractivity contribution in [3.05, 3.63) is 63.8 Å². The van der Waals surface area contributed by atoms with Crippen molar-refractivity contribution in [1.82, 2.24) is 20.2 Å². The zero-order valence-electron chi connectivity index (χ0n) is 16.8. The number of allylic oxidation sites excluding steroid dienone is 1. The van der Waals surface area contributed by atoms with Crippen LogP contribution >= 0.6 is 15.9 Å². The molecule has 0 saturated carbocycles. The van der Waals surface area contributed by atoms with Crippen LogP contribution in [-0.2, 0) is 4.79 Å². The molecule has 3 aromatic rings. The number of nitrogens with one attached hydrogen (secondary N) is 2. The molecule has 0 aliphatic carbocycles. The van der Waals surface area contributed by atoms with Crippen molar-refractivity contribution >= 4 is 33.5 Å². The Morgan fingerprint density at radius 2 is 2.03 bits per heavy atom. The van der Waals surface area contributed by atoms with Crippen LogP contribution in [0.5, 0.6) is 11.5 Å². The second kappa shape index (κ2) is 8.91. The van der Waals surface area contributed by atoms with Crippen LogP contribution in [0.1, 0.15) is 18.5 Å². The number of anilines is 2. The van der Waals surface area contributed by atoms with Crippen LogP contribution in [-0.4, -0.2) is 39.8 Å². The summed E-state index contributed by atoms with van der Waals surface area (Å²) in [4.78, 5) is 13.4. The Morgan fingerprint density at radius 1 is 1.25 bits per heavy atom. The number of hydrogen-bond donors (Lipinski definition) is 2. The zero-order chi connectivity index (χ0) is 22.8. The van der Waals surface area contributed by atoms with Gasteiger partial charge < -0.3 is 20.1 Å². The average Bonchev–Trinajstić information content (AvgIpc) is 3.22. The van der Waals surface area contributed by atoms with E-state index in [4.69, 9.17) is 9.47 Å². The molecule has 4 rings (SSSR count). The van der Waals surface area contributed by atoms with Crippen molar-refractivity contribution in [2.75, 3.05) is 17.7 Å². The Bertz CT molecular complexity index is 1200. The van der Waals surface area contributed by atoms with Crippen molar-refractivity contribution in [3.8, 4) is 11.5 Å². The molecule has 0 radical (unpaired) electrons. The van der Waals surface area contributed by atoms with Gasteiger partial charge in [-0.05, 0) is 47.7 Å². The van der Waals surface area contributed by atoms with Gasteiger partial charge in [0.15, 0.2) is 0 Å². The molecule has 0 bridgehead atoms. The molecule has 32 heavy (non-hydrogen) atoms. The van der Waals surface area contributed by atoms with E-state index in [0.717, 1.165) is 0 Å². The van der Waals surface area contributed by atoms with Gasteiger partial charge in [-0.2, -0.15) is 13.5 Å². The summed E-state index contributed by atoms with van der Waals surface area (Å²) in [5.74, 6) is 0.122. The zero-order valence-corrected chi connectivity index (χ0v) is 18.4. The molecule has 2 aromatic carbocycles. The first-order valence-corrected chi connectivity index (χ1v) is 10.1. The molecule has 2 N–H and O–H groups in total. The highest BCUT2D eigenvalue weighted by Gasteiger charge is 2.36. The SMILES string of the molecule is COc1ccccc1NC(=O)C1=C(C)Nc2nnnn2[C@H]1c1cc(Br)ccc1OC(F)F. The molecule has 0 saturated heterocycles. The third-order valence-corrected chi connectivity index (χ3v) is 5.29. The minimum absolute atomic E-state index is 0.105. The third-order valence-electron chi connectivity index (χ3n) is 4.80. The van der Waals surface area contributed by atoms with Crippen molar-refractivity contribution in [2.24, 2.45) is 0 Å². The number of amides is 1. The largest absolute Gasteiger partial charge is 0.495 e. The first-order valence-electron chi connectivity index (χ1n) is 9.33. The lowest BCUT2D eigenvalue weighted by molar-refractivity contribution is -0.113. The van der Waals surface area contributed by atoms with E-state index < -0.39 is 18.6 Å². The summed E-state index contributed by atoms with van der Waals surface area (Å²) in [6.07, 6.45) is 0. The van der Waals surface area contributed by atoms with E-state index in [1.807, 2.05) is 0 Å². The van der Waals surface area contributed by atoms with Gasteiger partial charge in [-0.25, -0.2) is 0 Å². The summed E-state index contributed by atoms with van der Waals surface area (Å²) in [5, 5.41) is 17.3. The van der Waals surface area contributed by atoms with Crippen molar-refractivity contribution in [1.29, 1.82) is 0 Å². The molecule has 1 aromatic heterocycles. The summed E-state index contributed by atoms with van der Waals surface area (Å²) in [6, 6.07) is 10.5. The maximum Gasteiger partial charge on any atom is 0.387 e. The molecular weight excluding hydrogens is 490 g/mol. The van der Waals surface area contributed by atoms with Crippen LogP contribution in [0.15, 0.2) is 58.2 Å². The molecule has 1 aliphatic heterocycles.